The van der Waals surface area contributed by atoms with Crippen LogP contribution >= 0.6 is 0 Å². The highest BCUT2D eigenvalue weighted by atomic mass is 16.5. The van der Waals surface area contributed by atoms with Crippen molar-refractivity contribution < 1.29 is 9.47 Å². The van der Waals surface area contributed by atoms with E-state index in [-0.39, 0.29) is 0 Å². The Labute approximate surface area is 121 Å². The standard InChI is InChI=1S/C16H26N2O2/c1-2-19-10-5-6-14(18-17)12-13-9-11-20-16-8-4-3-7-15(13)16/h3-4,7-8,13-14,18H,2,5-6,9-12,17H2,1H3. The number of nitrogens with two attached hydrogens (primary N) is 1. The number of nitrogens with one attached hydrogen (secondary N) is 1. The Morgan fingerprint density at radius 3 is 3.10 bits per heavy atom. The summed E-state index contributed by atoms with van der Waals surface area (Å²) in [6.45, 7) is 4.43. The van der Waals surface area contributed by atoms with Gasteiger partial charge in [-0.15, -0.1) is 0 Å². The minimum Gasteiger partial charge on any atom is -0.493 e. The molecule has 0 aromatic heterocycles. The maximum Gasteiger partial charge on any atom is 0.122 e. The molecular formula is C16H26N2O2. The molecule has 0 aliphatic carbocycles. The van der Waals surface area contributed by atoms with Gasteiger partial charge >= 0.3 is 0 Å². The van der Waals surface area contributed by atoms with Crippen LogP contribution in [0.1, 0.15) is 44.1 Å². The number of hydrazine groups is 1. The fraction of sp³-hybridized carbons (Fsp3) is 0.625. The molecule has 0 saturated heterocycles. The minimum atomic E-state index is 0.339. The SMILES string of the molecule is CCOCCCC(CC1CCOc2ccccc21)NN. The molecule has 2 rings (SSSR count). The number of hydrogen-bond acceptors (Lipinski definition) is 4. The summed E-state index contributed by atoms with van der Waals surface area (Å²) < 4.78 is 11.1. The van der Waals surface area contributed by atoms with Crippen LogP contribution in [0.4, 0.5) is 0 Å². The fourth-order valence-corrected chi connectivity index (χ4v) is 2.85. The van der Waals surface area contributed by atoms with Crippen molar-refractivity contribution in [3.05, 3.63) is 29.8 Å². The molecule has 4 nitrogen and oxygen atoms in total. The molecule has 1 aliphatic heterocycles. The first-order chi connectivity index (χ1) is 9.85. The first-order valence-corrected chi connectivity index (χ1v) is 7.60. The third kappa shape index (κ3) is 4.20. The highest BCUT2D eigenvalue weighted by Gasteiger charge is 2.23. The normalized spacial score (nSPS) is 19.2. The quantitative estimate of drug-likeness (QED) is 0.436. The van der Waals surface area contributed by atoms with Crippen molar-refractivity contribution in [2.75, 3.05) is 19.8 Å². The molecule has 0 radical (unpaired) electrons. The molecule has 0 bridgehead atoms. The molecule has 0 amide bonds. The molecule has 3 N–H and O–H groups in total. The van der Waals surface area contributed by atoms with Crippen LogP contribution in [-0.2, 0) is 4.74 Å². The maximum absolute atomic E-state index is 5.71. The van der Waals surface area contributed by atoms with Crippen LogP contribution in [0.5, 0.6) is 5.75 Å². The van der Waals surface area contributed by atoms with Crippen molar-refractivity contribution in [1.29, 1.82) is 0 Å². The average Bonchev–Trinajstić information content (AvgIpc) is 2.50. The smallest absolute Gasteiger partial charge is 0.122 e. The van der Waals surface area contributed by atoms with Gasteiger partial charge in [-0.25, -0.2) is 0 Å². The zero-order chi connectivity index (χ0) is 14.2. The van der Waals surface area contributed by atoms with Crippen LogP contribution in [-0.4, -0.2) is 25.9 Å². The van der Waals surface area contributed by atoms with Crippen LogP contribution in [0.25, 0.3) is 0 Å². The van der Waals surface area contributed by atoms with Crippen LogP contribution in [0, 0.1) is 0 Å². The summed E-state index contributed by atoms with van der Waals surface area (Å²) in [7, 11) is 0. The molecule has 112 valence electrons. The fourth-order valence-electron chi connectivity index (χ4n) is 2.85. The van der Waals surface area contributed by atoms with E-state index < -0.39 is 0 Å². The van der Waals surface area contributed by atoms with Gasteiger partial charge in [-0.05, 0) is 50.2 Å². The van der Waals surface area contributed by atoms with Crippen molar-refractivity contribution >= 4 is 0 Å². The molecule has 1 heterocycles. The Hall–Kier alpha value is -1.10. The average molecular weight is 278 g/mol. The number of para-hydroxylation sites is 1. The Morgan fingerprint density at radius 1 is 1.45 bits per heavy atom. The van der Waals surface area contributed by atoms with E-state index in [9.17, 15) is 0 Å². The lowest BCUT2D eigenvalue weighted by Crippen LogP contribution is -2.37. The summed E-state index contributed by atoms with van der Waals surface area (Å²) in [5.74, 6) is 7.27. The van der Waals surface area contributed by atoms with E-state index in [0.29, 0.717) is 12.0 Å². The Balaban J connectivity index is 1.88. The molecule has 2 atom stereocenters. The first kappa shape index (κ1) is 15.3. The van der Waals surface area contributed by atoms with Crippen LogP contribution in [0.3, 0.4) is 0 Å². The zero-order valence-corrected chi connectivity index (χ0v) is 12.3. The van der Waals surface area contributed by atoms with Gasteiger partial charge in [0.1, 0.15) is 5.75 Å². The predicted molar refractivity (Wildman–Crippen MR) is 80.8 cm³/mol. The number of hydrogen-bond donors (Lipinski definition) is 2. The second kappa shape index (κ2) is 8.25. The van der Waals surface area contributed by atoms with Crippen LogP contribution in [0.2, 0.25) is 0 Å². The monoisotopic (exact) mass is 278 g/mol. The lowest BCUT2D eigenvalue weighted by molar-refractivity contribution is 0.139. The van der Waals surface area contributed by atoms with Crippen molar-refractivity contribution in [2.24, 2.45) is 5.84 Å². The van der Waals surface area contributed by atoms with Crippen molar-refractivity contribution in [2.45, 2.75) is 44.6 Å². The maximum atomic E-state index is 5.71. The first-order valence-electron chi connectivity index (χ1n) is 7.60. The van der Waals surface area contributed by atoms with Gasteiger partial charge in [0.2, 0.25) is 0 Å². The Kier molecular flexibility index (Phi) is 6.30. The number of ether oxygens (including phenoxy) is 2. The molecule has 4 heteroatoms. The largest absolute Gasteiger partial charge is 0.493 e. The number of benzene rings is 1. The lowest BCUT2D eigenvalue weighted by atomic mass is 9.86. The molecular weight excluding hydrogens is 252 g/mol. The van der Waals surface area contributed by atoms with Crippen LogP contribution < -0.4 is 16.0 Å². The third-order valence-corrected chi connectivity index (χ3v) is 3.93. The van der Waals surface area contributed by atoms with Gasteiger partial charge in [-0.2, -0.15) is 0 Å². The van der Waals surface area contributed by atoms with Crippen molar-refractivity contribution in [1.82, 2.24) is 5.43 Å². The van der Waals surface area contributed by atoms with E-state index in [2.05, 4.69) is 23.6 Å². The summed E-state index contributed by atoms with van der Waals surface area (Å²) >= 11 is 0. The molecule has 0 spiro atoms. The summed E-state index contributed by atoms with van der Waals surface area (Å²) in [4.78, 5) is 0. The molecule has 1 aliphatic rings. The lowest BCUT2D eigenvalue weighted by Gasteiger charge is -2.29. The summed E-state index contributed by atoms with van der Waals surface area (Å²) in [6, 6.07) is 8.68. The second-order valence-electron chi connectivity index (χ2n) is 5.31. The van der Waals surface area contributed by atoms with Crippen molar-refractivity contribution in [3.63, 3.8) is 0 Å². The van der Waals surface area contributed by atoms with Crippen molar-refractivity contribution in [3.8, 4) is 5.75 Å². The van der Waals surface area contributed by atoms with E-state index in [1.165, 1.54) is 5.56 Å². The van der Waals surface area contributed by atoms with E-state index in [4.69, 9.17) is 15.3 Å². The third-order valence-electron chi connectivity index (χ3n) is 3.93. The summed E-state index contributed by atoms with van der Waals surface area (Å²) in [5.41, 5.74) is 4.28. The Bertz CT molecular complexity index is 398. The molecule has 1 aromatic carbocycles. The number of fused-ring (bicyclic) bond motifs is 1. The van der Waals surface area contributed by atoms with E-state index in [0.717, 1.165) is 51.3 Å². The van der Waals surface area contributed by atoms with Gasteiger partial charge in [0.15, 0.2) is 0 Å². The molecule has 20 heavy (non-hydrogen) atoms. The Morgan fingerprint density at radius 2 is 2.30 bits per heavy atom. The van der Waals surface area contributed by atoms with Gasteiger partial charge < -0.3 is 9.47 Å². The highest BCUT2D eigenvalue weighted by molar-refractivity contribution is 5.37. The van der Waals surface area contributed by atoms with E-state index in [1.807, 2.05) is 13.0 Å². The van der Waals surface area contributed by atoms with Gasteiger partial charge in [-0.3, -0.25) is 11.3 Å². The molecule has 0 saturated carbocycles. The summed E-state index contributed by atoms with van der Waals surface area (Å²) in [5, 5.41) is 0. The van der Waals surface area contributed by atoms with Gasteiger partial charge in [0.05, 0.1) is 6.61 Å². The van der Waals surface area contributed by atoms with Gasteiger partial charge in [-0.1, -0.05) is 18.2 Å². The van der Waals surface area contributed by atoms with Crippen LogP contribution in [0.15, 0.2) is 24.3 Å². The van der Waals surface area contributed by atoms with E-state index >= 15 is 0 Å². The van der Waals surface area contributed by atoms with Gasteiger partial charge in [0, 0.05) is 19.3 Å². The predicted octanol–water partition coefficient (Wildman–Crippen LogP) is 2.59. The molecule has 1 aromatic rings. The van der Waals surface area contributed by atoms with E-state index in [1.54, 1.807) is 0 Å². The topological polar surface area (TPSA) is 56.5 Å². The summed E-state index contributed by atoms with van der Waals surface area (Å²) in [6.07, 6.45) is 4.23. The second-order valence-corrected chi connectivity index (χ2v) is 5.31. The highest BCUT2D eigenvalue weighted by Crippen LogP contribution is 2.36. The minimum absolute atomic E-state index is 0.339. The van der Waals surface area contributed by atoms with Gasteiger partial charge in [0.25, 0.3) is 0 Å². The molecule has 2 unspecified atom stereocenters. The zero-order valence-electron chi connectivity index (χ0n) is 12.3. The number of rotatable bonds is 8. The molecule has 0 fully saturated rings.